The number of carbonyl (C=O) groups is 1. The topological polar surface area (TPSA) is 59.4 Å². The number of rotatable bonds is 2. The Balaban J connectivity index is 2.22. The summed E-state index contributed by atoms with van der Waals surface area (Å²) in [6, 6.07) is 7.30. The lowest BCUT2D eigenvalue weighted by Crippen LogP contribution is -2.00. The Morgan fingerprint density at radius 3 is 3.00 bits per heavy atom. The van der Waals surface area contributed by atoms with Gasteiger partial charge in [0.2, 0.25) is 0 Å². The summed E-state index contributed by atoms with van der Waals surface area (Å²) in [5.41, 5.74) is 2.76. The normalized spacial score (nSPS) is 12.9. The number of para-hydroxylation sites is 1. The van der Waals surface area contributed by atoms with E-state index in [2.05, 4.69) is 4.98 Å². The van der Waals surface area contributed by atoms with E-state index in [1.165, 1.54) is 12.3 Å². The Morgan fingerprint density at radius 2 is 2.17 bits per heavy atom. The molecule has 0 radical (unpaired) electrons. The molecule has 0 saturated heterocycles. The minimum absolute atomic E-state index is 0.244. The summed E-state index contributed by atoms with van der Waals surface area (Å²) in [6.45, 7) is 0.648. The van der Waals surface area contributed by atoms with Crippen LogP contribution in [0.4, 0.5) is 0 Å². The smallest absolute Gasteiger partial charge is 0.336 e. The van der Waals surface area contributed by atoms with Gasteiger partial charge in [0.15, 0.2) is 0 Å². The van der Waals surface area contributed by atoms with Crippen molar-refractivity contribution in [2.75, 3.05) is 6.61 Å². The van der Waals surface area contributed by atoms with E-state index in [1.54, 1.807) is 6.20 Å². The van der Waals surface area contributed by atoms with Crippen molar-refractivity contribution in [3.8, 4) is 16.9 Å². The third kappa shape index (κ3) is 1.62. The summed E-state index contributed by atoms with van der Waals surface area (Å²) in [7, 11) is 0. The van der Waals surface area contributed by atoms with Gasteiger partial charge in [-0.25, -0.2) is 4.79 Å². The van der Waals surface area contributed by atoms with Crippen LogP contribution in [0, 0.1) is 0 Å². The average molecular weight is 241 g/mol. The van der Waals surface area contributed by atoms with Gasteiger partial charge in [0.25, 0.3) is 0 Å². The van der Waals surface area contributed by atoms with Crippen LogP contribution in [0.2, 0.25) is 0 Å². The SMILES string of the molecule is O=C(O)c1ccncc1-c1cccc2c1OCC2. The first-order chi connectivity index (χ1) is 8.77. The highest BCUT2D eigenvalue weighted by molar-refractivity contribution is 5.96. The molecule has 4 heteroatoms. The van der Waals surface area contributed by atoms with Gasteiger partial charge < -0.3 is 9.84 Å². The van der Waals surface area contributed by atoms with Gasteiger partial charge in [0.1, 0.15) is 5.75 Å². The molecule has 0 fully saturated rings. The molecular formula is C14H11NO3. The molecule has 0 amide bonds. The number of aromatic carboxylic acids is 1. The van der Waals surface area contributed by atoms with Gasteiger partial charge in [0.05, 0.1) is 12.2 Å². The number of hydrogen-bond donors (Lipinski definition) is 1. The highest BCUT2D eigenvalue weighted by Gasteiger charge is 2.20. The zero-order valence-corrected chi connectivity index (χ0v) is 9.59. The monoisotopic (exact) mass is 241 g/mol. The molecule has 3 rings (SSSR count). The van der Waals surface area contributed by atoms with Crippen LogP contribution in [-0.4, -0.2) is 22.7 Å². The summed E-state index contributed by atoms with van der Waals surface area (Å²) in [4.78, 5) is 15.2. The highest BCUT2D eigenvalue weighted by atomic mass is 16.5. The minimum atomic E-state index is -0.956. The van der Waals surface area contributed by atoms with Gasteiger partial charge in [-0.1, -0.05) is 18.2 Å². The van der Waals surface area contributed by atoms with Crippen LogP contribution >= 0.6 is 0 Å². The lowest BCUT2D eigenvalue weighted by atomic mass is 9.99. The Hall–Kier alpha value is -2.36. The second-order valence-corrected chi connectivity index (χ2v) is 4.12. The molecule has 0 unspecified atom stereocenters. The quantitative estimate of drug-likeness (QED) is 0.876. The van der Waals surface area contributed by atoms with E-state index in [1.807, 2.05) is 18.2 Å². The standard InChI is InChI=1S/C14H11NO3/c16-14(17)11-4-6-15-8-12(11)10-3-1-2-9-5-7-18-13(9)10/h1-4,6,8H,5,7H2,(H,16,17). The molecule has 2 aromatic rings. The van der Waals surface area contributed by atoms with Gasteiger partial charge in [-0.2, -0.15) is 0 Å². The number of ether oxygens (including phenoxy) is 1. The van der Waals surface area contributed by atoms with E-state index in [-0.39, 0.29) is 5.56 Å². The van der Waals surface area contributed by atoms with Crippen molar-refractivity contribution in [3.63, 3.8) is 0 Å². The molecule has 1 aliphatic heterocycles. The molecule has 2 heterocycles. The van der Waals surface area contributed by atoms with Crippen molar-refractivity contribution in [2.24, 2.45) is 0 Å². The fraction of sp³-hybridized carbons (Fsp3) is 0.143. The summed E-state index contributed by atoms with van der Waals surface area (Å²) in [5, 5.41) is 9.21. The maximum absolute atomic E-state index is 11.2. The van der Waals surface area contributed by atoms with E-state index in [0.717, 1.165) is 23.3 Å². The predicted molar refractivity (Wildman–Crippen MR) is 65.8 cm³/mol. The molecule has 1 aromatic carbocycles. The molecule has 0 atom stereocenters. The summed E-state index contributed by atoms with van der Waals surface area (Å²) in [6.07, 6.45) is 3.92. The molecule has 0 spiro atoms. The predicted octanol–water partition coefficient (Wildman–Crippen LogP) is 2.38. The Bertz CT molecular complexity index is 622. The molecule has 18 heavy (non-hydrogen) atoms. The molecule has 0 saturated carbocycles. The number of aromatic nitrogens is 1. The second-order valence-electron chi connectivity index (χ2n) is 4.12. The van der Waals surface area contributed by atoms with Crippen LogP contribution in [0.5, 0.6) is 5.75 Å². The number of nitrogens with zero attached hydrogens (tertiary/aromatic N) is 1. The van der Waals surface area contributed by atoms with E-state index < -0.39 is 5.97 Å². The third-order valence-electron chi connectivity index (χ3n) is 3.06. The van der Waals surface area contributed by atoms with Crippen molar-refractivity contribution in [1.82, 2.24) is 4.98 Å². The summed E-state index contributed by atoms with van der Waals surface area (Å²) in [5.74, 6) is -0.170. The first kappa shape index (κ1) is 10.8. The van der Waals surface area contributed by atoms with Crippen LogP contribution in [0.25, 0.3) is 11.1 Å². The second kappa shape index (κ2) is 4.14. The number of benzene rings is 1. The number of carboxylic acids is 1. The highest BCUT2D eigenvalue weighted by Crippen LogP contribution is 2.37. The summed E-state index contributed by atoms with van der Waals surface area (Å²) >= 11 is 0. The van der Waals surface area contributed by atoms with Gasteiger partial charge in [0, 0.05) is 29.9 Å². The van der Waals surface area contributed by atoms with E-state index in [4.69, 9.17) is 4.74 Å². The Labute approximate surface area is 104 Å². The largest absolute Gasteiger partial charge is 0.492 e. The molecule has 4 nitrogen and oxygen atoms in total. The van der Waals surface area contributed by atoms with Gasteiger partial charge in [-0.3, -0.25) is 4.98 Å². The van der Waals surface area contributed by atoms with E-state index in [0.29, 0.717) is 12.2 Å². The average Bonchev–Trinajstić information content (AvgIpc) is 2.86. The lowest BCUT2D eigenvalue weighted by Gasteiger charge is -2.09. The van der Waals surface area contributed by atoms with Crippen molar-refractivity contribution < 1.29 is 14.6 Å². The molecule has 90 valence electrons. The fourth-order valence-electron chi connectivity index (χ4n) is 2.22. The van der Waals surface area contributed by atoms with Gasteiger partial charge in [-0.05, 0) is 11.6 Å². The zero-order chi connectivity index (χ0) is 12.5. The molecule has 1 aliphatic rings. The third-order valence-corrected chi connectivity index (χ3v) is 3.06. The van der Waals surface area contributed by atoms with E-state index in [9.17, 15) is 9.90 Å². The maximum atomic E-state index is 11.2. The van der Waals surface area contributed by atoms with Crippen molar-refractivity contribution in [2.45, 2.75) is 6.42 Å². The number of pyridine rings is 1. The van der Waals surface area contributed by atoms with Gasteiger partial charge in [-0.15, -0.1) is 0 Å². The van der Waals surface area contributed by atoms with Crippen molar-refractivity contribution >= 4 is 5.97 Å². The van der Waals surface area contributed by atoms with Crippen LogP contribution in [0.15, 0.2) is 36.7 Å². The fourth-order valence-corrected chi connectivity index (χ4v) is 2.22. The zero-order valence-electron chi connectivity index (χ0n) is 9.59. The Kier molecular flexibility index (Phi) is 2.48. The van der Waals surface area contributed by atoms with Crippen LogP contribution in [0.3, 0.4) is 0 Å². The Morgan fingerprint density at radius 1 is 1.28 bits per heavy atom. The lowest BCUT2D eigenvalue weighted by molar-refractivity contribution is 0.0697. The van der Waals surface area contributed by atoms with E-state index >= 15 is 0 Å². The van der Waals surface area contributed by atoms with Crippen molar-refractivity contribution in [1.29, 1.82) is 0 Å². The maximum Gasteiger partial charge on any atom is 0.336 e. The molecule has 1 N–H and O–H groups in total. The molecule has 1 aromatic heterocycles. The minimum Gasteiger partial charge on any atom is -0.492 e. The number of hydrogen-bond acceptors (Lipinski definition) is 3. The summed E-state index contributed by atoms with van der Waals surface area (Å²) < 4.78 is 5.60. The first-order valence-electron chi connectivity index (χ1n) is 5.70. The van der Waals surface area contributed by atoms with Gasteiger partial charge >= 0.3 is 5.97 Å². The van der Waals surface area contributed by atoms with Crippen LogP contribution in [-0.2, 0) is 6.42 Å². The van der Waals surface area contributed by atoms with Crippen molar-refractivity contribution in [3.05, 3.63) is 47.8 Å². The molecule has 0 aliphatic carbocycles. The van der Waals surface area contributed by atoms with Crippen LogP contribution in [0.1, 0.15) is 15.9 Å². The van der Waals surface area contributed by atoms with Crippen LogP contribution < -0.4 is 4.74 Å². The first-order valence-corrected chi connectivity index (χ1v) is 5.70. The molecular weight excluding hydrogens is 230 g/mol. The molecule has 0 bridgehead atoms. The number of fused-ring (bicyclic) bond motifs is 1. The number of carboxylic acid groups (broad SMARTS) is 1.